The maximum absolute atomic E-state index is 12.8. The highest BCUT2D eigenvalue weighted by molar-refractivity contribution is 5.77. The van der Waals surface area contributed by atoms with E-state index in [0.717, 1.165) is 23.2 Å². The number of alkyl halides is 3. The minimum atomic E-state index is -4.62. The van der Waals surface area contributed by atoms with Crippen LogP contribution in [-0.2, 0) is 17.4 Å². The second-order valence-corrected chi connectivity index (χ2v) is 6.55. The van der Waals surface area contributed by atoms with Gasteiger partial charge in [-0.15, -0.1) is 5.10 Å². The van der Waals surface area contributed by atoms with E-state index >= 15 is 0 Å². The van der Waals surface area contributed by atoms with Gasteiger partial charge in [-0.2, -0.15) is 18.2 Å². The van der Waals surface area contributed by atoms with Gasteiger partial charge in [-0.1, -0.05) is 0 Å². The minimum absolute atomic E-state index is 0.0347. The first-order chi connectivity index (χ1) is 12.2. The zero-order valence-electron chi connectivity index (χ0n) is 14.9. The van der Waals surface area contributed by atoms with Crippen LogP contribution in [0.3, 0.4) is 0 Å². The Kier molecular flexibility index (Phi) is 4.87. The normalized spacial score (nSPS) is 18.5. The summed E-state index contributed by atoms with van der Waals surface area (Å²) < 4.78 is 39.6. The van der Waals surface area contributed by atoms with Crippen molar-refractivity contribution in [1.82, 2.24) is 29.8 Å². The molecule has 7 nitrogen and oxygen atoms in total. The average molecular weight is 370 g/mol. The van der Waals surface area contributed by atoms with Crippen molar-refractivity contribution >= 4 is 11.7 Å². The number of aromatic nitrogens is 4. The lowest BCUT2D eigenvalue weighted by molar-refractivity contribution is -0.144. The number of nitrogens with zero attached hydrogens (tertiary/aromatic N) is 5. The van der Waals surface area contributed by atoms with Gasteiger partial charge < -0.3 is 10.2 Å². The Morgan fingerprint density at radius 1 is 1.31 bits per heavy atom. The summed E-state index contributed by atoms with van der Waals surface area (Å²) in [6, 6.07) is 0.128. The van der Waals surface area contributed by atoms with E-state index in [-0.39, 0.29) is 24.1 Å². The Labute approximate surface area is 148 Å². The quantitative estimate of drug-likeness (QED) is 0.887. The smallest absolute Gasteiger partial charge is 0.337 e. The second-order valence-electron chi connectivity index (χ2n) is 6.55. The number of rotatable bonds is 3. The van der Waals surface area contributed by atoms with Crippen molar-refractivity contribution in [2.24, 2.45) is 0 Å². The van der Waals surface area contributed by atoms with Crippen LogP contribution in [0.2, 0.25) is 0 Å². The molecule has 2 aromatic rings. The van der Waals surface area contributed by atoms with Crippen LogP contribution in [0.1, 0.15) is 36.1 Å². The van der Waals surface area contributed by atoms with Crippen LogP contribution in [0.15, 0.2) is 0 Å². The fraction of sp³-hybridized carbons (Fsp3) is 0.625. The first kappa shape index (κ1) is 18.6. The first-order valence-electron chi connectivity index (χ1n) is 8.48. The molecular formula is C16H21F3N6O. The van der Waals surface area contributed by atoms with Gasteiger partial charge in [0.25, 0.3) is 11.6 Å². The lowest BCUT2D eigenvalue weighted by atomic mass is 10.1. The molecule has 1 amide bonds. The maximum Gasteiger partial charge on any atom is 0.453 e. The van der Waals surface area contributed by atoms with E-state index in [4.69, 9.17) is 0 Å². The van der Waals surface area contributed by atoms with Crippen molar-refractivity contribution in [3.05, 3.63) is 22.8 Å². The molecule has 1 saturated heterocycles. The number of hydrogen-bond donors (Lipinski definition) is 1. The van der Waals surface area contributed by atoms with Crippen molar-refractivity contribution in [2.75, 3.05) is 19.6 Å². The molecule has 2 aromatic heterocycles. The highest BCUT2D eigenvalue weighted by Gasteiger charge is 2.37. The van der Waals surface area contributed by atoms with Crippen molar-refractivity contribution in [2.45, 2.75) is 45.8 Å². The molecule has 1 atom stereocenters. The molecule has 26 heavy (non-hydrogen) atoms. The lowest BCUT2D eigenvalue weighted by Crippen LogP contribution is -2.52. The molecule has 1 aliphatic rings. The Bertz CT molecular complexity index is 831. The number of amides is 1. The number of piperazine rings is 1. The number of carbonyl (C=O) groups excluding carboxylic acids is 1. The molecule has 0 aliphatic carbocycles. The number of carbonyl (C=O) groups is 1. The Balaban J connectivity index is 1.82. The predicted octanol–water partition coefficient (Wildman–Crippen LogP) is 1.51. The second kappa shape index (κ2) is 6.82. The summed E-state index contributed by atoms with van der Waals surface area (Å²) in [4.78, 5) is 21.9. The molecular weight excluding hydrogens is 349 g/mol. The highest BCUT2D eigenvalue weighted by Crippen LogP contribution is 2.27. The van der Waals surface area contributed by atoms with Crippen molar-refractivity contribution < 1.29 is 18.0 Å². The number of nitrogens with one attached hydrogen (secondary N) is 1. The average Bonchev–Trinajstić information content (AvgIpc) is 2.99. The van der Waals surface area contributed by atoms with Crippen LogP contribution in [0.5, 0.6) is 0 Å². The van der Waals surface area contributed by atoms with Crippen LogP contribution in [0, 0.1) is 13.8 Å². The summed E-state index contributed by atoms with van der Waals surface area (Å²) >= 11 is 0. The first-order valence-corrected chi connectivity index (χ1v) is 8.48. The molecule has 3 rings (SSSR count). The van der Waals surface area contributed by atoms with Gasteiger partial charge in [0.1, 0.15) is 0 Å². The molecule has 1 unspecified atom stereocenters. The fourth-order valence-corrected chi connectivity index (χ4v) is 3.28. The molecule has 0 aromatic carbocycles. The number of fused-ring (bicyclic) bond motifs is 1. The summed E-state index contributed by atoms with van der Waals surface area (Å²) in [5, 5.41) is 6.76. The number of hydrogen-bond acceptors (Lipinski definition) is 5. The van der Waals surface area contributed by atoms with Gasteiger partial charge in [0.15, 0.2) is 0 Å². The molecule has 0 saturated carbocycles. The standard InChI is InChI=1S/C16H21F3N6O/c1-9-8-20-6-7-24(9)13(26)5-4-12-10(2)21-15-22-14(16(17,18)19)23-25(15)11(12)3/h9,20H,4-8H2,1-3H3. The molecule has 10 heteroatoms. The largest absolute Gasteiger partial charge is 0.453 e. The zero-order chi connectivity index (χ0) is 19.1. The van der Waals surface area contributed by atoms with Crippen LogP contribution < -0.4 is 5.32 Å². The molecule has 1 aliphatic heterocycles. The molecule has 0 bridgehead atoms. The molecule has 1 fully saturated rings. The van der Waals surface area contributed by atoms with E-state index in [1.54, 1.807) is 13.8 Å². The minimum Gasteiger partial charge on any atom is -0.337 e. The van der Waals surface area contributed by atoms with Crippen LogP contribution in [0.25, 0.3) is 5.78 Å². The van der Waals surface area contributed by atoms with Crippen LogP contribution >= 0.6 is 0 Å². The molecule has 3 heterocycles. The molecule has 1 N–H and O–H groups in total. The van der Waals surface area contributed by atoms with E-state index < -0.39 is 12.0 Å². The van der Waals surface area contributed by atoms with E-state index in [0.29, 0.717) is 24.4 Å². The van der Waals surface area contributed by atoms with Gasteiger partial charge in [0.05, 0.1) is 0 Å². The van der Waals surface area contributed by atoms with Gasteiger partial charge in [0, 0.05) is 43.5 Å². The van der Waals surface area contributed by atoms with Gasteiger partial charge in [-0.05, 0) is 32.8 Å². The maximum atomic E-state index is 12.8. The number of aryl methyl sites for hydroxylation is 2. The Morgan fingerprint density at radius 2 is 2.04 bits per heavy atom. The summed E-state index contributed by atoms with van der Waals surface area (Å²) in [7, 11) is 0. The third-order valence-electron chi connectivity index (χ3n) is 4.71. The summed E-state index contributed by atoms with van der Waals surface area (Å²) in [5.74, 6) is -1.26. The molecule has 142 valence electrons. The topological polar surface area (TPSA) is 75.4 Å². The van der Waals surface area contributed by atoms with E-state index in [1.165, 1.54) is 0 Å². The van der Waals surface area contributed by atoms with Crippen molar-refractivity contribution in [1.29, 1.82) is 0 Å². The third-order valence-corrected chi connectivity index (χ3v) is 4.71. The van der Waals surface area contributed by atoms with Crippen LogP contribution in [-0.4, -0.2) is 56.1 Å². The van der Waals surface area contributed by atoms with Gasteiger partial charge in [0.2, 0.25) is 5.91 Å². The summed E-state index contributed by atoms with van der Waals surface area (Å²) in [6.45, 7) is 7.55. The monoisotopic (exact) mass is 370 g/mol. The number of halogens is 3. The lowest BCUT2D eigenvalue weighted by Gasteiger charge is -2.34. The van der Waals surface area contributed by atoms with Crippen molar-refractivity contribution in [3.63, 3.8) is 0 Å². The Morgan fingerprint density at radius 3 is 2.69 bits per heavy atom. The third kappa shape index (κ3) is 3.50. The summed E-state index contributed by atoms with van der Waals surface area (Å²) in [6.07, 6.45) is -3.94. The highest BCUT2D eigenvalue weighted by atomic mass is 19.4. The zero-order valence-corrected chi connectivity index (χ0v) is 14.9. The van der Waals surface area contributed by atoms with E-state index in [1.807, 2.05) is 11.8 Å². The summed E-state index contributed by atoms with van der Waals surface area (Å²) in [5.41, 5.74) is 1.82. The van der Waals surface area contributed by atoms with Gasteiger partial charge in [-0.3, -0.25) is 4.79 Å². The Hall–Kier alpha value is -2.23. The SMILES string of the molecule is Cc1nc2nc(C(F)(F)F)nn2c(C)c1CCC(=O)N1CCNCC1C. The van der Waals surface area contributed by atoms with Crippen molar-refractivity contribution in [3.8, 4) is 0 Å². The molecule has 0 spiro atoms. The van der Waals surface area contributed by atoms with E-state index in [2.05, 4.69) is 20.4 Å². The van der Waals surface area contributed by atoms with Gasteiger partial charge >= 0.3 is 6.18 Å². The van der Waals surface area contributed by atoms with Crippen LogP contribution in [0.4, 0.5) is 13.2 Å². The molecule has 0 radical (unpaired) electrons. The van der Waals surface area contributed by atoms with Gasteiger partial charge in [-0.25, -0.2) is 9.50 Å². The predicted molar refractivity (Wildman–Crippen MR) is 87.6 cm³/mol. The fourth-order valence-electron chi connectivity index (χ4n) is 3.28. The van der Waals surface area contributed by atoms with E-state index in [9.17, 15) is 18.0 Å².